The third-order valence-electron chi connectivity index (χ3n) is 5.98. The van der Waals surface area contributed by atoms with Gasteiger partial charge in [0.15, 0.2) is 0 Å². The Labute approximate surface area is 115 Å². The molecular weight excluding hydrogens is 240 g/mol. The molecule has 3 atom stereocenters. The van der Waals surface area contributed by atoms with E-state index in [4.69, 9.17) is 4.74 Å². The lowest BCUT2D eigenvalue weighted by atomic mass is 9.64. The average molecular weight is 266 g/mol. The molecule has 0 bridgehead atoms. The average Bonchev–Trinajstić information content (AvgIpc) is 3.03. The molecule has 0 aromatic carbocycles. The minimum Gasteiger partial charge on any atom is -0.481 e. The van der Waals surface area contributed by atoms with Crippen molar-refractivity contribution < 1.29 is 14.6 Å². The van der Waals surface area contributed by atoms with Crippen molar-refractivity contribution in [1.82, 2.24) is 0 Å². The fourth-order valence-corrected chi connectivity index (χ4v) is 4.27. The molecule has 3 aliphatic rings. The number of carbonyl (C=O) groups is 1. The number of carboxylic acid groups (broad SMARTS) is 1. The lowest BCUT2D eigenvalue weighted by Gasteiger charge is -2.38. The van der Waals surface area contributed by atoms with E-state index in [2.05, 4.69) is 13.8 Å². The van der Waals surface area contributed by atoms with Gasteiger partial charge in [-0.05, 0) is 44.4 Å². The molecule has 3 rings (SSSR count). The summed E-state index contributed by atoms with van der Waals surface area (Å²) in [6, 6.07) is 0. The van der Waals surface area contributed by atoms with E-state index >= 15 is 0 Å². The summed E-state index contributed by atoms with van der Waals surface area (Å²) >= 11 is 0. The minimum atomic E-state index is -0.580. The molecule has 0 radical (unpaired) electrons. The number of rotatable bonds is 3. The van der Waals surface area contributed by atoms with Crippen LogP contribution in [0.4, 0.5) is 0 Å². The first-order valence-electron chi connectivity index (χ1n) is 7.85. The number of ether oxygens (including phenoxy) is 1. The van der Waals surface area contributed by atoms with E-state index in [9.17, 15) is 9.90 Å². The first-order valence-corrected chi connectivity index (χ1v) is 7.85. The summed E-state index contributed by atoms with van der Waals surface area (Å²) < 4.78 is 5.71. The second-order valence-corrected chi connectivity index (χ2v) is 7.54. The second kappa shape index (κ2) is 4.47. The van der Waals surface area contributed by atoms with Crippen molar-refractivity contribution in [2.45, 2.75) is 76.9 Å². The van der Waals surface area contributed by atoms with Crippen LogP contribution in [0.25, 0.3) is 0 Å². The van der Waals surface area contributed by atoms with Crippen molar-refractivity contribution in [2.24, 2.45) is 17.3 Å². The van der Waals surface area contributed by atoms with Gasteiger partial charge in [0.1, 0.15) is 0 Å². The van der Waals surface area contributed by atoms with Gasteiger partial charge in [-0.1, -0.05) is 32.6 Å². The van der Waals surface area contributed by atoms with Gasteiger partial charge in [0.05, 0.1) is 17.1 Å². The highest BCUT2D eigenvalue weighted by molar-refractivity contribution is 5.75. The molecule has 3 fully saturated rings. The smallest absolute Gasteiger partial charge is 0.309 e. The number of hydrogen-bond donors (Lipinski definition) is 1. The van der Waals surface area contributed by atoms with Gasteiger partial charge in [0, 0.05) is 0 Å². The van der Waals surface area contributed by atoms with Crippen LogP contribution in [-0.4, -0.2) is 22.8 Å². The van der Waals surface area contributed by atoms with Gasteiger partial charge in [-0.3, -0.25) is 4.79 Å². The van der Waals surface area contributed by atoms with Gasteiger partial charge in [0.2, 0.25) is 0 Å². The summed E-state index contributed by atoms with van der Waals surface area (Å²) in [6.07, 6.45) is 8.55. The highest BCUT2D eigenvalue weighted by Crippen LogP contribution is 2.56. The zero-order valence-corrected chi connectivity index (χ0v) is 12.2. The molecule has 2 saturated carbocycles. The van der Waals surface area contributed by atoms with Crippen molar-refractivity contribution in [2.75, 3.05) is 0 Å². The number of hydrogen-bond acceptors (Lipinski definition) is 2. The molecule has 0 aromatic rings. The topological polar surface area (TPSA) is 49.8 Å². The summed E-state index contributed by atoms with van der Waals surface area (Å²) in [5.41, 5.74) is -0.480. The van der Waals surface area contributed by atoms with E-state index in [1.165, 1.54) is 25.7 Å². The lowest BCUT2D eigenvalue weighted by molar-refractivity contribution is -0.152. The van der Waals surface area contributed by atoms with E-state index in [0.717, 1.165) is 31.6 Å². The normalized spacial score (nSPS) is 49.5. The Morgan fingerprint density at radius 1 is 1.26 bits per heavy atom. The first kappa shape index (κ1) is 13.4. The van der Waals surface area contributed by atoms with Crippen molar-refractivity contribution in [3.63, 3.8) is 0 Å². The van der Waals surface area contributed by atoms with E-state index in [1.54, 1.807) is 0 Å². The van der Waals surface area contributed by atoms with Crippen LogP contribution in [0.2, 0.25) is 0 Å². The Bertz CT molecular complexity index is 372. The van der Waals surface area contributed by atoms with Crippen LogP contribution in [0, 0.1) is 17.3 Å². The van der Waals surface area contributed by atoms with Gasteiger partial charge in [0.25, 0.3) is 0 Å². The number of carboxylic acids is 1. The minimum absolute atomic E-state index is 0.0139. The van der Waals surface area contributed by atoms with Gasteiger partial charge in [-0.2, -0.15) is 0 Å². The van der Waals surface area contributed by atoms with Crippen LogP contribution in [0.3, 0.4) is 0 Å². The summed E-state index contributed by atoms with van der Waals surface area (Å²) in [4.78, 5) is 11.8. The zero-order chi connectivity index (χ0) is 13.7. The Balaban J connectivity index is 1.66. The fraction of sp³-hybridized carbons (Fsp3) is 0.938. The quantitative estimate of drug-likeness (QED) is 0.794. The molecule has 0 amide bonds. The molecule has 1 aliphatic heterocycles. The highest BCUT2D eigenvalue weighted by atomic mass is 16.6. The number of aliphatic carboxylic acids is 1. The summed E-state index contributed by atoms with van der Waals surface area (Å²) in [6.45, 7) is 4.44. The number of fused-ring (bicyclic) bond motifs is 1. The predicted molar refractivity (Wildman–Crippen MR) is 72.9 cm³/mol. The maximum absolute atomic E-state index is 11.8. The molecule has 3 unspecified atom stereocenters. The predicted octanol–water partition coefficient (Wildman–Crippen LogP) is 3.62. The van der Waals surface area contributed by atoms with Crippen LogP contribution in [0.1, 0.15) is 65.2 Å². The molecule has 0 aromatic heterocycles. The van der Waals surface area contributed by atoms with Gasteiger partial charge in [-0.25, -0.2) is 0 Å². The van der Waals surface area contributed by atoms with Gasteiger partial charge >= 0.3 is 5.97 Å². The number of epoxide rings is 1. The van der Waals surface area contributed by atoms with Crippen molar-refractivity contribution in [3.05, 3.63) is 0 Å². The molecule has 108 valence electrons. The maximum Gasteiger partial charge on any atom is 0.309 e. The molecule has 1 heterocycles. The van der Waals surface area contributed by atoms with E-state index < -0.39 is 11.4 Å². The Morgan fingerprint density at radius 3 is 2.53 bits per heavy atom. The summed E-state index contributed by atoms with van der Waals surface area (Å²) in [7, 11) is 0. The maximum atomic E-state index is 11.8. The van der Waals surface area contributed by atoms with E-state index in [1.807, 2.05) is 0 Å². The largest absolute Gasteiger partial charge is 0.481 e. The third kappa shape index (κ3) is 2.42. The lowest BCUT2D eigenvalue weighted by Crippen LogP contribution is -2.40. The summed E-state index contributed by atoms with van der Waals surface area (Å²) in [5, 5.41) is 9.74. The summed E-state index contributed by atoms with van der Waals surface area (Å²) in [5.74, 6) is 0.873. The molecule has 1 saturated heterocycles. The van der Waals surface area contributed by atoms with E-state index in [-0.39, 0.29) is 11.7 Å². The zero-order valence-electron chi connectivity index (χ0n) is 12.2. The highest BCUT2D eigenvalue weighted by Gasteiger charge is 2.61. The Kier molecular flexibility index (Phi) is 3.16. The molecule has 19 heavy (non-hydrogen) atoms. The van der Waals surface area contributed by atoms with Crippen LogP contribution < -0.4 is 0 Å². The second-order valence-electron chi connectivity index (χ2n) is 7.54. The molecular formula is C16H26O3. The van der Waals surface area contributed by atoms with Crippen molar-refractivity contribution in [1.29, 1.82) is 0 Å². The monoisotopic (exact) mass is 266 g/mol. The molecule has 2 aliphatic carbocycles. The fourth-order valence-electron chi connectivity index (χ4n) is 4.27. The van der Waals surface area contributed by atoms with Crippen LogP contribution in [0.5, 0.6) is 0 Å². The van der Waals surface area contributed by atoms with Crippen molar-refractivity contribution in [3.8, 4) is 0 Å². The SMILES string of the molecule is CC1CCC(CC2(C(=O)O)CCC3(C)OC3C2)CC1. The van der Waals surface area contributed by atoms with Gasteiger partial charge < -0.3 is 9.84 Å². The van der Waals surface area contributed by atoms with E-state index in [0.29, 0.717) is 5.92 Å². The molecule has 0 spiro atoms. The van der Waals surface area contributed by atoms with Crippen LogP contribution >= 0.6 is 0 Å². The van der Waals surface area contributed by atoms with Crippen molar-refractivity contribution >= 4 is 5.97 Å². The Hall–Kier alpha value is -0.570. The molecule has 3 nitrogen and oxygen atoms in total. The van der Waals surface area contributed by atoms with Gasteiger partial charge in [-0.15, -0.1) is 0 Å². The Morgan fingerprint density at radius 2 is 1.95 bits per heavy atom. The standard InChI is InChI=1S/C16H26O3/c1-11-3-5-12(6-4-11)9-16(14(17)18)8-7-15(2)13(10-16)19-15/h11-13H,3-10H2,1-2H3,(H,17,18). The molecule has 1 N–H and O–H groups in total. The molecule has 3 heteroatoms. The third-order valence-corrected chi connectivity index (χ3v) is 5.98. The van der Waals surface area contributed by atoms with Crippen LogP contribution in [-0.2, 0) is 9.53 Å². The first-order chi connectivity index (χ1) is 8.93. The van der Waals surface area contributed by atoms with Crippen LogP contribution in [0.15, 0.2) is 0 Å².